The summed E-state index contributed by atoms with van der Waals surface area (Å²) in [7, 11) is 0. The highest BCUT2D eigenvalue weighted by atomic mass is 32.2. The van der Waals surface area contributed by atoms with E-state index in [1.165, 1.54) is 0 Å². The summed E-state index contributed by atoms with van der Waals surface area (Å²) in [5.74, 6) is -1.08. The van der Waals surface area contributed by atoms with Gasteiger partial charge in [-0.2, -0.15) is 4.57 Å². The monoisotopic (exact) mass is 588 g/mol. The van der Waals surface area contributed by atoms with Crippen LogP contribution in [-0.4, -0.2) is 74.9 Å². The number of piperidine rings is 1. The fraction of sp³-hybridized carbons (Fsp3) is 0.633. The number of nitrogens with zero attached hydrogens (tertiary/aromatic N) is 3. The van der Waals surface area contributed by atoms with E-state index in [9.17, 15) is 19.2 Å². The number of carbonyl (C=O) groups is 4. The summed E-state index contributed by atoms with van der Waals surface area (Å²) >= 11 is 1.04. The molecule has 2 saturated heterocycles. The number of esters is 2. The molecule has 0 saturated carbocycles. The van der Waals surface area contributed by atoms with Crippen molar-refractivity contribution in [2.24, 2.45) is 5.92 Å². The molecule has 224 valence electrons. The Bertz CT molecular complexity index is 1250. The van der Waals surface area contributed by atoms with E-state index >= 15 is 0 Å². The molecule has 2 fully saturated rings. The summed E-state index contributed by atoms with van der Waals surface area (Å²) < 4.78 is 18.4. The number of likely N-dealkylation sites (tertiary alicyclic amines) is 1. The van der Waals surface area contributed by atoms with Gasteiger partial charge in [0.15, 0.2) is 12.4 Å². The van der Waals surface area contributed by atoms with Crippen LogP contribution >= 0.6 is 11.8 Å². The molecule has 1 aromatic rings. The zero-order valence-electron chi connectivity index (χ0n) is 25.5. The lowest BCUT2D eigenvalue weighted by atomic mass is 9.79. The third-order valence-electron chi connectivity index (χ3n) is 6.79. The second-order valence-electron chi connectivity index (χ2n) is 13.7. The maximum Gasteiger partial charge on any atom is 0.410 e. The summed E-state index contributed by atoms with van der Waals surface area (Å²) in [5.41, 5.74) is -1.17. The molecule has 10 nitrogen and oxygen atoms in total. The van der Waals surface area contributed by atoms with Crippen LogP contribution in [0.4, 0.5) is 4.79 Å². The van der Waals surface area contributed by atoms with Crippen molar-refractivity contribution in [1.82, 2.24) is 9.80 Å². The fourth-order valence-corrected chi connectivity index (χ4v) is 6.25. The first-order valence-corrected chi connectivity index (χ1v) is 14.8. The molecule has 3 aliphatic rings. The van der Waals surface area contributed by atoms with Crippen molar-refractivity contribution in [2.45, 2.75) is 109 Å². The third kappa shape index (κ3) is 7.23. The van der Waals surface area contributed by atoms with Crippen molar-refractivity contribution in [1.29, 1.82) is 0 Å². The maximum atomic E-state index is 13.8. The minimum Gasteiger partial charge on any atom is -0.455 e. The average Bonchev–Trinajstić information content (AvgIpc) is 3.07. The minimum absolute atomic E-state index is 0.0539. The van der Waals surface area contributed by atoms with Gasteiger partial charge in [0.05, 0.1) is 12.1 Å². The Balaban J connectivity index is 1.54. The van der Waals surface area contributed by atoms with E-state index in [4.69, 9.17) is 14.2 Å². The average molecular weight is 589 g/mol. The molecule has 3 atom stereocenters. The van der Waals surface area contributed by atoms with Crippen LogP contribution in [0.25, 0.3) is 0 Å². The molecule has 1 unspecified atom stereocenters. The minimum atomic E-state index is -0.729. The van der Waals surface area contributed by atoms with Crippen LogP contribution in [0.3, 0.4) is 0 Å². The molecule has 0 aliphatic carbocycles. The van der Waals surface area contributed by atoms with Crippen LogP contribution in [0.15, 0.2) is 40.7 Å². The number of hydrogen-bond acceptors (Lipinski definition) is 9. The van der Waals surface area contributed by atoms with Crippen molar-refractivity contribution < 1.29 is 38.0 Å². The zero-order chi connectivity index (χ0) is 30.5. The quantitative estimate of drug-likeness (QED) is 0.219. The normalized spacial score (nSPS) is 22.1. The number of ether oxygens (including phenoxy) is 3. The van der Waals surface area contributed by atoms with Gasteiger partial charge in [0.25, 0.3) is 0 Å². The number of carbonyl (C=O) groups excluding carboxylic acids is 4. The molecule has 0 radical (unpaired) electrons. The molecular weight excluding hydrogens is 546 g/mol. The predicted octanol–water partition coefficient (Wildman–Crippen LogP) is 3.85. The Morgan fingerprint density at radius 3 is 2.05 bits per heavy atom. The predicted molar refractivity (Wildman–Crippen MR) is 152 cm³/mol. The number of hydrogen-bond donors (Lipinski definition) is 0. The SMILES string of the molecule is CC(C)(C)OC(=O)C[n+]1ccc(SC(=O)C2=C(C(=O)OC(C)(C)C)N3C[C@H]4[C@H]3C2CCN4C(=O)OC(C)(C)C)cc1. The van der Waals surface area contributed by atoms with Gasteiger partial charge in [-0.05, 0) is 80.5 Å². The Hall–Kier alpha value is -3.08. The molecular formula is C30H42N3O7S+. The standard InChI is InChI=1S/C30H42N3O7S/c1-28(2,3)38-21(34)17-31-13-10-18(11-14-31)41-26(36)22-19-12-15-32(27(37)40-30(7,8)9)20-16-33(23(19)20)24(22)25(35)39-29(4,5)6/h10-11,13-14,19-20,23H,12,15-17H2,1-9H3/q+1/t19?,20-,23+/m0/s1. The summed E-state index contributed by atoms with van der Waals surface area (Å²) in [6.07, 6.45) is 3.60. The van der Waals surface area contributed by atoms with Crippen molar-refractivity contribution in [3.05, 3.63) is 35.8 Å². The molecule has 41 heavy (non-hydrogen) atoms. The van der Waals surface area contributed by atoms with E-state index < -0.39 is 22.8 Å². The summed E-state index contributed by atoms with van der Waals surface area (Å²) in [5, 5.41) is -0.223. The lowest BCUT2D eigenvalue weighted by Crippen LogP contribution is -2.70. The van der Waals surface area contributed by atoms with E-state index in [1.54, 1.807) is 54.8 Å². The number of thioether (sulfide) groups is 1. The fourth-order valence-electron chi connectivity index (χ4n) is 5.42. The number of pyridine rings is 1. The van der Waals surface area contributed by atoms with E-state index in [0.717, 1.165) is 11.8 Å². The zero-order valence-corrected chi connectivity index (χ0v) is 26.3. The van der Waals surface area contributed by atoms with Crippen LogP contribution in [0, 0.1) is 5.92 Å². The molecule has 1 aromatic heterocycles. The molecule has 0 spiro atoms. The number of rotatable bonds is 5. The molecule has 0 N–H and O–H groups in total. The van der Waals surface area contributed by atoms with Gasteiger partial charge in [-0.1, -0.05) is 0 Å². The van der Waals surface area contributed by atoms with Gasteiger partial charge in [-0.15, -0.1) is 0 Å². The number of amides is 1. The van der Waals surface area contributed by atoms with Crippen molar-refractivity contribution in [3.8, 4) is 0 Å². The van der Waals surface area contributed by atoms with Gasteiger partial charge in [0.1, 0.15) is 22.5 Å². The second-order valence-corrected chi connectivity index (χ2v) is 14.8. The Morgan fingerprint density at radius 2 is 1.49 bits per heavy atom. The lowest BCUT2D eigenvalue weighted by Gasteiger charge is -2.55. The first kappa shape index (κ1) is 30.9. The van der Waals surface area contributed by atoms with Crippen LogP contribution < -0.4 is 4.57 Å². The highest BCUT2D eigenvalue weighted by Crippen LogP contribution is 2.50. The first-order valence-electron chi connectivity index (χ1n) is 14.0. The molecule has 0 bridgehead atoms. The Kier molecular flexibility index (Phi) is 8.25. The van der Waals surface area contributed by atoms with E-state index in [-0.39, 0.29) is 41.7 Å². The molecule has 4 heterocycles. The van der Waals surface area contributed by atoms with Crippen molar-refractivity contribution >= 4 is 34.9 Å². The van der Waals surface area contributed by atoms with Crippen molar-refractivity contribution in [2.75, 3.05) is 13.1 Å². The largest absolute Gasteiger partial charge is 0.455 e. The van der Waals surface area contributed by atoms with Gasteiger partial charge >= 0.3 is 18.0 Å². The van der Waals surface area contributed by atoms with Gasteiger partial charge < -0.3 is 24.0 Å². The topological polar surface area (TPSA) is 106 Å². The summed E-state index contributed by atoms with van der Waals surface area (Å²) in [6, 6.07) is 3.20. The van der Waals surface area contributed by atoms with Crippen LogP contribution in [0.5, 0.6) is 0 Å². The second kappa shape index (κ2) is 11.0. The molecule has 1 amide bonds. The summed E-state index contributed by atoms with van der Waals surface area (Å²) in [4.78, 5) is 56.7. The first-order chi connectivity index (χ1) is 18.8. The smallest absolute Gasteiger partial charge is 0.410 e. The molecule has 11 heteroatoms. The van der Waals surface area contributed by atoms with E-state index in [2.05, 4.69) is 0 Å². The van der Waals surface area contributed by atoms with Crippen LogP contribution in [0.1, 0.15) is 68.7 Å². The highest BCUT2D eigenvalue weighted by Gasteiger charge is 2.60. The van der Waals surface area contributed by atoms with Gasteiger partial charge in [0, 0.05) is 41.6 Å². The Labute approximate surface area is 246 Å². The molecule has 0 aromatic carbocycles. The Morgan fingerprint density at radius 1 is 0.902 bits per heavy atom. The van der Waals surface area contributed by atoms with E-state index in [1.807, 2.05) is 46.4 Å². The maximum absolute atomic E-state index is 13.8. The number of aromatic nitrogens is 1. The summed E-state index contributed by atoms with van der Waals surface area (Å²) in [6.45, 7) is 17.3. The third-order valence-corrected chi connectivity index (χ3v) is 7.70. The van der Waals surface area contributed by atoms with Crippen molar-refractivity contribution in [3.63, 3.8) is 0 Å². The van der Waals surface area contributed by atoms with Gasteiger partial charge in [-0.25, -0.2) is 14.4 Å². The molecule has 3 aliphatic heterocycles. The van der Waals surface area contributed by atoms with E-state index in [0.29, 0.717) is 35.7 Å². The van der Waals surface area contributed by atoms with Gasteiger partial charge in [0.2, 0.25) is 11.7 Å². The molecule has 4 rings (SSSR count). The van der Waals surface area contributed by atoms with Crippen LogP contribution in [-0.2, 0) is 35.1 Å². The van der Waals surface area contributed by atoms with Crippen LogP contribution in [0.2, 0.25) is 0 Å². The highest BCUT2D eigenvalue weighted by molar-refractivity contribution is 8.14. The lowest BCUT2D eigenvalue weighted by molar-refractivity contribution is -0.686. The van der Waals surface area contributed by atoms with Gasteiger partial charge in [-0.3, -0.25) is 4.79 Å².